The molecule has 2 aliphatic rings. The summed E-state index contributed by atoms with van der Waals surface area (Å²) in [6, 6.07) is 8.98. The molecule has 1 aromatic rings. The van der Waals surface area contributed by atoms with Gasteiger partial charge >= 0.3 is 0 Å². The Morgan fingerprint density at radius 3 is 2.31 bits per heavy atom. The van der Waals surface area contributed by atoms with Crippen molar-refractivity contribution in [3.05, 3.63) is 33.4 Å². The standard InChI is InChI=1S/C14H18IN/c15-14-6-4-11(5-7-14)8-16-9-12-2-1-3-13(12)10-16/h4-7,12-13H,1-3,8-10H2. The molecule has 2 unspecified atom stereocenters. The van der Waals surface area contributed by atoms with Gasteiger partial charge in [-0.1, -0.05) is 18.6 Å². The van der Waals surface area contributed by atoms with Crippen LogP contribution >= 0.6 is 22.6 Å². The number of nitrogens with zero attached hydrogens (tertiary/aromatic N) is 1. The second kappa shape index (κ2) is 4.65. The fourth-order valence-electron chi connectivity index (χ4n) is 3.31. The fourth-order valence-corrected chi connectivity index (χ4v) is 3.67. The molecule has 3 rings (SSSR count). The molecule has 1 saturated heterocycles. The van der Waals surface area contributed by atoms with Gasteiger partial charge in [-0.05, 0) is 65.0 Å². The molecule has 0 amide bonds. The van der Waals surface area contributed by atoms with E-state index < -0.39 is 0 Å². The normalized spacial score (nSPS) is 29.6. The van der Waals surface area contributed by atoms with E-state index in [0.717, 1.165) is 18.4 Å². The van der Waals surface area contributed by atoms with Crippen LogP contribution in [0.2, 0.25) is 0 Å². The lowest BCUT2D eigenvalue weighted by molar-refractivity contribution is 0.303. The van der Waals surface area contributed by atoms with Crippen LogP contribution in [0.15, 0.2) is 24.3 Å². The number of rotatable bonds is 2. The van der Waals surface area contributed by atoms with Crippen LogP contribution in [-0.4, -0.2) is 18.0 Å². The molecule has 1 nitrogen and oxygen atoms in total. The summed E-state index contributed by atoms with van der Waals surface area (Å²) in [7, 11) is 0. The van der Waals surface area contributed by atoms with E-state index in [1.165, 1.54) is 41.5 Å². The second-order valence-corrected chi connectivity index (χ2v) is 6.52. The molecule has 2 fully saturated rings. The zero-order valence-corrected chi connectivity index (χ0v) is 11.7. The largest absolute Gasteiger partial charge is 0.299 e. The fraction of sp³-hybridized carbons (Fsp3) is 0.571. The van der Waals surface area contributed by atoms with Crippen molar-refractivity contribution in [2.75, 3.05) is 13.1 Å². The summed E-state index contributed by atoms with van der Waals surface area (Å²) in [6.45, 7) is 3.84. The van der Waals surface area contributed by atoms with Crippen molar-refractivity contribution < 1.29 is 0 Å². The third kappa shape index (κ3) is 2.28. The third-order valence-corrected chi connectivity index (χ3v) is 4.84. The van der Waals surface area contributed by atoms with Gasteiger partial charge in [-0.25, -0.2) is 0 Å². The first-order valence-corrected chi connectivity index (χ1v) is 7.36. The minimum atomic E-state index is 1.02. The molecule has 1 aromatic carbocycles. The van der Waals surface area contributed by atoms with Crippen molar-refractivity contribution >= 4 is 22.6 Å². The maximum absolute atomic E-state index is 2.65. The van der Waals surface area contributed by atoms with Crippen LogP contribution in [0.4, 0.5) is 0 Å². The van der Waals surface area contributed by atoms with Gasteiger partial charge in [0, 0.05) is 23.2 Å². The molecule has 0 aromatic heterocycles. The predicted octanol–water partition coefficient (Wildman–Crippen LogP) is 3.52. The van der Waals surface area contributed by atoms with Gasteiger partial charge in [0.15, 0.2) is 0 Å². The molecule has 2 heteroatoms. The first-order valence-electron chi connectivity index (χ1n) is 6.28. The van der Waals surface area contributed by atoms with Crippen molar-refractivity contribution in [2.24, 2.45) is 11.8 Å². The molecule has 0 N–H and O–H groups in total. The molecule has 86 valence electrons. The molecule has 0 bridgehead atoms. The Morgan fingerprint density at radius 2 is 1.69 bits per heavy atom. The molecule has 1 heterocycles. The quantitative estimate of drug-likeness (QED) is 0.751. The summed E-state index contributed by atoms with van der Waals surface area (Å²) < 4.78 is 1.33. The molecule has 1 aliphatic carbocycles. The maximum atomic E-state index is 2.65. The minimum Gasteiger partial charge on any atom is -0.299 e. The topological polar surface area (TPSA) is 3.24 Å². The molecule has 1 aliphatic heterocycles. The predicted molar refractivity (Wildman–Crippen MR) is 75.3 cm³/mol. The zero-order valence-electron chi connectivity index (χ0n) is 9.53. The van der Waals surface area contributed by atoms with Crippen LogP contribution in [0.25, 0.3) is 0 Å². The van der Waals surface area contributed by atoms with Crippen LogP contribution < -0.4 is 0 Å². The van der Waals surface area contributed by atoms with Gasteiger partial charge in [-0.15, -0.1) is 0 Å². The van der Waals surface area contributed by atoms with E-state index in [0.29, 0.717) is 0 Å². The molecule has 0 spiro atoms. The summed E-state index contributed by atoms with van der Waals surface area (Å²) >= 11 is 2.37. The van der Waals surface area contributed by atoms with Crippen molar-refractivity contribution in [3.8, 4) is 0 Å². The first-order chi connectivity index (χ1) is 7.81. The van der Waals surface area contributed by atoms with E-state index >= 15 is 0 Å². The van der Waals surface area contributed by atoms with Crippen LogP contribution in [0, 0.1) is 15.4 Å². The number of hydrogen-bond donors (Lipinski definition) is 0. The van der Waals surface area contributed by atoms with E-state index in [9.17, 15) is 0 Å². The molecule has 2 atom stereocenters. The van der Waals surface area contributed by atoms with Crippen molar-refractivity contribution in [1.29, 1.82) is 0 Å². The highest BCUT2D eigenvalue weighted by Gasteiger charge is 2.35. The number of benzene rings is 1. The van der Waals surface area contributed by atoms with E-state index in [-0.39, 0.29) is 0 Å². The highest BCUT2D eigenvalue weighted by atomic mass is 127. The monoisotopic (exact) mass is 327 g/mol. The highest BCUT2D eigenvalue weighted by Crippen LogP contribution is 2.38. The SMILES string of the molecule is Ic1ccc(CN2CC3CCCC3C2)cc1. The number of halogens is 1. The summed E-state index contributed by atoms with van der Waals surface area (Å²) in [5.74, 6) is 2.03. The average Bonchev–Trinajstić information content (AvgIpc) is 2.81. The molecular weight excluding hydrogens is 309 g/mol. The lowest BCUT2D eigenvalue weighted by Crippen LogP contribution is -2.20. The Bertz CT molecular complexity index is 348. The summed E-state index contributed by atoms with van der Waals surface area (Å²) in [5.41, 5.74) is 1.47. The van der Waals surface area contributed by atoms with Crippen LogP contribution in [0.5, 0.6) is 0 Å². The summed E-state index contributed by atoms with van der Waals surface area (Å²) in [6.07, 6.45) is 4.44. The van der Waals surface area contributed by atoms with Crippen molar-refractivity contribution in [1.82, 2.24) is 4.90 Å². The zero-order chi connectivity index (χ0) is 11.0. The number of likely N-dealkylation sites (tertiary alicyclic amines) is 1. The second-order valence-electron chi connectivity index (χ2n) is 5.27. The van der Waals surface area contributed by atoms with Gasteiger partial charge in [-0.3, -0.25) is 4.90 Å². The van der Waals surface area contributed by atoms with Crippen LogP contribution in [-0.2, 0) is 6.54 Å². The number of hydrogen-bond acceptors (Lipinski definition) is 1. The smallest absolute Gasteiger partial charge is 0.0233 e. The summed E-state index contributed by atoms with van der Waals surface area (Å²) in [5, 5.41) is 0. The molecule has 0 radical (unpaired) electrons. The molecule has 1 saturated carbocycles. The van der Waals surface area contributed by atoms with E-state index in [2.05, 4.69) is 51.8 Å². The van der Waals surface area contributed by atoms with Gasteiger partial charge < -0.3 is 0 Å². The lowest BCUT2D eigenvalue weighted by Gasteiger charge is -2.16. The maximum Gasteiger partial charge on any atom is 0.0233 e. The van der Waals surface area contributed by atoms with Crippen LogP contribution in [0.3, 0.4) is 0 Å². The Hall–Kier alpha value is -0.0900. The summed E-state index contributed by atoms with van der Waals surface area (Å²) in [4.78, 5) is 2.65. The van der Waals surface area contributed by atoms with Gasteiger partial charge in [0.25, 0.3) is 0 Å². The Balaban J connectivity index is 1.62. The van der Waals surface area contributed by atoms with Gasteiger partial charge in [0.05, 0.1) is 0 Å². The Morgan fingerprint density at radius 1 is 1.06 bits per heavy atom. The van der Waals surface area contributed by atoms with Crippen molar-refractivity contribution in [3.63, 3.8) is 0 Å². The molecular formula is C14H18IN. The Labute approximate surface area is 111 Å². The lowest BCUT2D eigenvalue weighted by atomic mass is 10.0. The van der Waals surface area contributed by atoms with Gasteiger partial charge in [0.1, 0.15) is 0 Å². The molecule has 16 heavy (non-hydrogen) atoms. The average molecular weight is 327 g/mol. The number of fused-ring (bicyclic) bond motifs is 1. The van der Waals surface area contributed by atoms with E-state index in [4.69, 9.17) is 0 Å². The highest BCUT2D eigenvalue weighted by molar-refractivity contribution is 14.1. The van der Waals surface area contributed by atoms with E-state index in [1.54, 1.807) is 0 Å². The van der Waals surface area contributed by atoms with E-state index in [1.807, 2.05) is 0 Å². The Kier molecular flexibility index (Phi) is 3.20. The third-order valence-electron chi connectivity index (χ3n) is 4.12. The van der Waals surface area contributed by atoms with Crippen molar-refractivity contribution in [2.45, 2.75) is 25.8 Å². The van der Waals surface area contributed by atoms with Gasteiger partial charge in [-0.2, -0.15) is 0 Å². The first kappa shape index (κ1) is 11.0. The van der Waals surface area contributed by atoms with Crippen LogP contribution in [0.1, 0.15) is 24.8 Å². The van der Waals surface area contributed by atoms with Gasteiger partial charge in [0.2, 0.25) is 0 Å². The minimum absolute atomic E-state index is 1.02.